The van der Waals surface area contributed by atoms with Crippen molar-refractivity contribution in [3.63, 3.8) is 0 Å². The first-order valence-corrected chi connectivity index (χ1v) is 7.61. The lowest BCUT2D eigenvalue weighted by Gasteiger charge is -2.05. The fourth-order valence-corrected chi connectivity index (χ4v) is 2.79. The van der Waals surface area contributed by atoms with Crippen LogP contribution in [0.3, 0.4) is 0 Å². The summed E-state index contributed by atoms with van der Waals surface area (Å²) in [5.41, 5.74) is 4.17. The zero-order valence-electron chi connectivity index (χ0n) is 13.4. The van der Waals surface area contributed by atoms with E-state index in [1.54, 1.807) is 12.4 Å². The van der Waals surface area contributed by atoms with Crippen molar-refractivity contribution in [1.82, 2.24) is 15.0 Å². The SMILES string of the molecule is Cc1cc2oc(Oc3ccccc3)c(-c3cncnc3)c2c(C)n1. The zero-order chi connectivity index (χ0) is 16.5. The van der Waals surface area contributed by atoms with Crippen LogP contribution in [-0.4, -0.2) is 15.0 Å². The van der Waals surface area contributed by atoms with Crippen LogP contribution in [0.5, 0.6) is 11.7 Å². The molecule has 0 bridgehead atoms. The van der Waals surface area contributed by atoms with Crippen LogP contribution in [-0.2, 0) is 0 Å². The molecule has 0 fully saturated rings. The topological polar surface area (TPSA) is 61.0 Å². The number of rotatable bonds is 3. The molecule has 0 unspecified atom stereocenters. The van der Waals surface area contributed by atoms with Gasteiger partial charge in [-0.15, -0.1) is 0 Å². The number of fused-ring (bicyclic) bond motifs is 1. The van der Waals surface area contributed by atoms with E-state index in [1.165, 1.54) is 6.33 Å². The van der Waals surface area contributed by atoms with Crippen LogP contribution in [0.15, 0.2) is 59.5 Å². The Hall–Kier alpha value is -3.21. The fourth-order valence-electron chi connectivity index (χ4n) is 2.79. The maximum atomic E-state index is 6.00. The number of aromatic nitrogens is 3. The minimum atomic E-state index is 0.418. The molecule has 0 amide bonds. The zero-order valence-corrected chi connectivity index (χ0v) is 13.4. The summed E-state index contributed by atoms with van der Waals surface area (Å²) in [5, 5.41) is 0.918. The van der Waals surface area contributed by atoms with Crippen LogP contribution in [0.2, 0.25) is 0 Å². The molecule has 1 aromatic carbocycles. The molecular formula is C19H15N3O2. The molecule has 0 saturated carbocycles. The van der Waals surface area contributed by atoms with Crippen molar-refractivity contribution in [2.45, 2.75) is 13.8 Å². The number of para-hydroxylation sites is 1. The van der Waals surface area contributed by atoms with Gasteiger partial charge in [-0.05, 0) is 26.0 Å². The Morgan fingerprint density at radius 1 is 1.00 bits per heavy atom. The molecule has 4 rings (SSSR count). The summed E-state index contributed by atoms with van der Waals surface area (Å²) < 4.78 is 12.0. The third-order valence-corrected chi connectivity index (χ3v) is 3.75. The number of aryl methyl sites for hydroxylation is 2. The summed E-state index contributed by atoms with van der Waals surface area (Å²) in [6.45, 7) is 3.91. The highest BCUT2D eigenvalue weighted by Gasteiger charge is 2.21. The Morgan fingerprint density at radius 2 is 1.75 bits per heavy atom. The molecule has 118 valence electrons. The standard InChI is InChI=1S/C19H15N3O2/c1-12-8-16-17(13(2)22-12)18(14-9-20-11-21-10-14)19(24-16)23-15-6-4-3-5-7-15/h3-11H,1-2H3. The van der Waals surface area contributed by atoms with Crippen molar-refractivity contribution in [2.75, 3.05) is 0 Å². The Bertz CT molecular complexity index is 995. The van der Waals surface area contributed by atoms with E-state index in [0.29, 0.717) is 11.7 Å². The number of pyridine rings is 1. The van der Waals surface area contributed by atoms with Gasteiger partial charge >= 0.3 is 0 Å². The summed E-state index contributed by atoms with van der Waals surface area (Å²) >= 11 is 0. The number of nitrogens with zero attached hydrogens (tertiary/aromatic N) is 3. The van der Waals surface area contributed by atoms with Crippen molar-refractivity contribution in [1.29, 1.82) is 0 Å². The van der Waals surface area contributed by atoms with E-state index in [9.17, 15) is 0 Å². The number of hydrogen-bond donors (Lipinski definition) is 0. The molecule has 24 heavy (non-hydrogen) atoms. The molecule has 0 aliphatic heterocycles. The van der Waals surface area contributed by atoms with Gasteiger partial charge in [0.15, 0.2) is 0 Å². The predicted octanol–water partition coefficient (Wildman–Crippen LogP) is 4.69. The largest absolute Gasteiger partial charge is 0.426 e. The van der Waals surface area contributed by atoms with E-state index in [4.69, 9.17) is 9.15 Å². The molecule has 0 spiro atoms. The Morgan fingerprint density at radius 3 is 2.50 bits per heavy atom. The molecule has 4 aromatic rings. The summed E-state index contributed by atoms with van der Waals surface area (Å²) in [5.74, 6) is 1.12. The lowest BCUT2D eigenvalue weighted by atomic mass is 10.1. The van der Waals surface area contributed by atoms with Gasteiger partial charge in [0.05, 0.1) is 10.9 Å². The Labute approximate surface area is 139 Å². The highest BCUT2D eigenvalue weighted by Crippen LogP contribution is 2.42. The maximum absolute atomic E-state index is 6.00. The molecule has 3 aromatic heterocycles. The summed E-state index contributed by atoms with van der Waals surface area (Å²) in [6, 6.07) is 11.5. The van der Waals surface area contributed by atoms with Gasteiger partial charge in [-0.3, -0.25) is 4.98 Å². The molecular weight excluding hydrogens is 302 g/mol. The van der Waals surface area contributed by atoms with Gasteiger partial charge in [0, 0.05) is 35.4 Å². The van der Waals surface area contributed by atoms with E-state index >= 15 is 0 Å². The van der Waals surface area contributed by atoms with E-state index in [-0.39, 0.29) is 0 Å². The maximum Gasteiger partial charge on any atom is 0.299 e. The highest BCUT2D eigenvalue weighted by atomic mass is 16.6. The molecule has 0 aliphatic carbocycles. The van der Waals surface area contributed by atoms with Gasteiger partial charge in [0.1, 0.15) is 17.7 Å². The highest BCUT2D eigenvalue weighted by molar-refractivity contribution is 5.98. The first-order valence-electron chi connectivity index (χ1n) is 7.61. The van der Waals surface area contributed by atoms with Gasteiger partial charge < -0.3 is 9.15 Å². The van der Waals surface area contributed by atoms with Gasteiger partial charge in [0.2, 0.25) is 0 Å². The van der Waals surface area contributed by atoms with Gasteiger partial charge in [0.25, 0.3) is 5.95 Å². The Balaban J connectivity index is 1.97. The Kier molecular flexibility index (Phi) is 3.46. The molecule has 5 nitrogen and oxygen atoms in total. The van der Waals surface area contributed by atoms with Gasteiger partial charge in [-0.25, -0.2) is 9.97 Å². The summed E-state index contributed by atoms with van der Waals surface area (Å²) in [7, 11) is 0. The molecule has 0 radical (unpaired) electrons. The van der Waals surface area contributed by atoms with Crippen LogP contribution in [0.4, 0.5) is 0 Å². The first-order chi connectivity index (χ1) is 11.7. The quantitative estimate of drug-likeness (QED) is 0.548. The van der Waals surface area contributed by atoms with Crippen LogP contribution in [0.25, 0.3) is 22.1 Å². The third-order valence-electron chi connectivity index (χ3n) is 3.75. The van der Waals surface area contributed by atoms with Crippen LogP contribution < -0.4 is 4.74 Å². The number of benzene rings is 1. The van der Waals surface area contributed by atoms with E-state index in [2.05, 4.69) is 15.0 Å². The van der Waals surface area contributed by atoms with E-state index in [1.807, 2.05) is 50.2 Å². The summed E-state index contributed by atoms with van der Waals surface area (Å²) in [4.78, 5) is 12.8. The van der Waals surface area contributed by atoms with Crippen LogP contribution >= 0.6 is 0 Å². The lowest BCUT2D eigenvalue weighted by Crippen LogP contribution is -1.89. The minimum absolute atomic E-state index is 0.418. The summed E-state index contributed by atoms with van der Waals surface area (Å²) in [6.07, 6.45) is 4.99. The van der Waals surface area contributed by atoms with Crippen LogP contribution in [0.1, 0.15) is 11.4 Å². The smallest absolute Gasteiger partial charge is 0.299 e. The second kappa shape index (κ2) is 5.77. The number of ether oxygens (including phenoxy) is 1. The van der Waals surface area contributed by atoms with E-state index in [0.717, 1.165) is 33.5 Å². The lowest BCUT2D eigenvalue weighted by molar-refractivity contribution is 0.362. The predicted molar refractivity (Wildman–Crippen MR) is 91.0 cm³/mol. The van der Waals surface area contributed by atoms with Gasteiger partial charge in [-0.2, -0.15) is 0 Å². The van der Waals surface area contributed by atoms with Crippen molar-refractivity contribution >= 4 is 11.0 Å². The minimum Gasteiger partial charge on any atom is -0.426 e. The molecule has 0 N–H and O–H groups in total. The average Bonchev–Trinajstić information content (AvgIpc) is 2.94. The molecule has 5 heteroatoms. The molecule has 3 heterocycles. The van der Waals surface area contributed by atoms with Crippen molar-refractivity contribution in [3.05, 3.63) is 66.5 Å². The second-order valence-corrected chi connectivity index (χ2v) is 5.53. The van der Waals surface area contributed by atoms with Crippen molar-refractivity contribution in [3.8, 4) is 22.8 Å². The van der Waals surface area contributed by atoms with Crippen LogP contribution in [0, 0.1) is 13.8 Å². The molecule has 0 atom stereocenters. The fraction of sp³-hybridized carbons (Fsp3) is 0.105. The average molecular weight is 317 g/mol. The third kappa shape index (κ3) is 2.50. The monoisotopic (exact) mass is 317 g/mol. The number of furan rings is 1. The number of hydrogen-bond acceptors (Lipinski definition) is 5. The first kappa shape index (κ1) is 14.4. The molecule has 0 aliphatic rings. The second-order valence-electron chi connectivity index (χ2n) is 5.53. The van der Waals surface area contributed by atoms with Crippen molar-refractivity contribution < 1.29 is 9.15 Å². The van der Waals surface area contributed by atoms with Gasteiger partial charge in [-0.1, -0.05) is 18.2 Å². The van der Waals surface area contributed by atoms with E-state index < -0.39 is 0 Å². The normalized spacial score (nSPS) is 10.9. The molecule has 0 saturated heterocycles. The van der Waals surface area contributed by atoms with Crippen molar-refractivity contribution in [2.24, 2.45) is 0 Å².